The van der Waals surface area contributed by atoms with E-state index in [9.17, 15) is 9.59 Å². The van der Waals surface area contributed by atoms with Crippen LogP contribution in [0.3, 0.4) is 0 Å². The molecule has 2 amide bonds. The number of nitrogens with one attached hydrogen (secondary N) is 3. The third-order valence-electron chi connectivity index (χ3n) is 4.45. The maximum atomic E-state index is 11.6. The summed E-state index contributed by atoms with van der Waals surface area (Å²) in [6, 6.07) is 8.00. The second-order valence-corrected chi connectivity index (χ2v) is 7.59. The maximum absolute atomic E-state index is 11.6. The van der Waals surface area contributed by atoms with Gasteiger partial charge in [0.2, 0.25) is 11.8 Å². The van der Waals surface area contributed by atoms with Gasteiger partial charge in [-0.2, -0.15) is 5.10 Å². The second-order valence-electron chi connectivity index (χ2n) is 7.59. The zero-order valence-electron chi connectivity index (χ0n) is 14.8. The van der Waals surface area contributed by atoms with Gasteiger partial charge in [0.05, 0.1) is 12.1 Å². The lowest BCUT2D eigenvalue weighted by atomic mass is 9.89. The molecule has 1 atom stereocenters. The van der Waals surface area contributed by atoms with Crippen LogP contribution in [-0.2, 0) is 28.0 Å². The average molecular weight is 340 g/mol. The van der Waals surface area contributed by atoms with E-state index in [1.165, 1.54) is 0 Å². The van der Waals surface area contributed by atoms with Crippen molar-refractivity contribution < 1.29 is 9.59 Å². The Bertz CT molecular complexity index is 771. The summed E-state index contributed by atoms with van der Waals surface area (Å²) >= 11 is 0. The summed E-state index contributed by atoms with van der Waals surface area (Å²) in [4.78, 5) is 22.9. The molecule has 1 aliphatic rings. The van der Waals surface area contributed by atoms with E-state index < -0.39 is 0 Å². The predicted octanol–water partition coefficient (Wildman–Crippen LogP) is 2.52. The molecule has 0 unspecified atom stereocenters. The number of imide groups is 1. The fourth-order valence-electron chi connectivity index (χ4n) is 3.11. The van der Waals surface area contributed by atoms with Crippen molar-refractivity contribution in [3.8, 4) is 0 Å². The molecule has 0 saturated carbocycles. The zero-order valence-corrected chi connectivity index (χ0v) is 14.8. The Morgan fingerprint density at radius 2 is 1.92 bits per heavy atom. The molecule has 1 aromatic heterocycles. The van der Waals surface area contributed by atoms with Crippen LogP contribution in [-0.4, -0.2) is 22.0 Å². The molecule has 25 heavy (non-hydrogen) atoms. The van der Waals surface area contributed by atoms with Crippen LogP contribution in [0.2, 0.25) is 0 Å². The Morgan fingerprint density at radius 1 is 1.20 bits per heavy atom. The number of benzene rings is 1. The lowest BCUT2D eigenvalue weighted by molar-refractivity contribution is -0.125. The molecule has 3 N–H and O–H groups in total. The molecule has 2 heterocycles. The van der Waals surface area contributed by atoms with Gasteiger partial charge in [-0.05, 0) is 24.1 Å². The molecule has 6 heteroatoms. The first-order valence-corrected chi connectivity index (χ1v) is 8.52. The van der Waals surface area contributed by atoms with Crippen molar-refractivity contribution in [2.24, 2.45) is 5.92 Å². The summed E-state index contributed by atoms with van der Waals surface area (Å²) < 4.78 is 0. The van der Waals surface area contributed by atoms with E-state index in [2.05, 4.69) is 41.6 Å². The smallest absolute Gasteiger partial charge is 0.230 e. The lowest BCUT2D eigenvalue weighted by Crippen LogP contribution is -2.22. The van der Waals surface area contributed by atoms with Crippen LogP contribution in [0.15, 0.2) is 30.5 Å². The fraction of sp³-hybridized carbons (Fsp3) is 0.421. The van der Waals surface area contributed by atoms with Gasteiger partial charge in [-0.15, -0.1) is 0 Å². The number of amides is 2. The van der Waals surface area contributed by atoms with Gasteiger partial charge < -0.3 is 5.32 Å². The van der Waals surface area contributed by atoms with Gasteiger partial charge in [0, 0.05) is 35.3 Å². The minimum Gasteiger partial charge on any atom is -0.381 e. The van der Waals surface area contributed by atoms with Gasteiger partial charge in [0.25, 0.3) is 0 Å². The lowest BCUT2D eigenvalue weighted by Gasteiger charge is -2.18. The summed E-state index contributed by atoms with van der Waals surface area (Å²) in [6.45, 7) is 7.16. The van der Waals surface area contributed by atoms with Gasteiger partial charge in [0.1, 0.15) is 0 Å². The van der Waals surface area contributed by atoms with Gasteiger partial charge in [-0.25, -0.2) is 0 Å². The first kappa shape index (κ1) is 17.2. The third-order valence-corrected chi connectivity index (χ3v) is 4.45. The molecule has 0 aliphatic carbocycles. The average Bonchev–Trinajstić information content (AvgIpc) is 3.13. The van der Waals surface area contributed by atoms with Crippen molar-refractivity contribution in [2.75, 3.05) is 5.32 Å². The monoisotopic (exact) mass is 340 g/mol. The van der Waals surface area contributed by atoms with E-state index >= 15 is 0 Å². The van der Waals surface area contributed by atoms with Crippen molar-refractivity contribution in [1.82, 2.24) is 15.5 Å². The highest BCUT2D eigenvalue weighted by Crippen LogP contribution is 2.24. The van der Waals surface area contributed by atoms with Gasteiger partial charge in [-0.1, -0.05) is 32.9 Å². The molecule has 0 radical (unpaired) electrons. The van der Waals surface area contributed by atoms with Crippen LogP contribution in [0.25, 0.3) is 0 Å². The van der Waals surface area contributed by atoms with Crippen LogP contribution < -0.4 is 10.6 Å². The number of carbonyl (C=O) groups excluding carboxylic acids is 2. The predicted molar refractivity (Wildman–Crippen MR) is 96.0 cm³/mol. The van der Waals surface area contributed by atoms with E-state index in [0.717, 1.165) is 22.5 Å². The van der Waals surface area contributed by atoms with Crippen molar-refractivity contribution in [3.63, 3.8) is 0 Å². The van der Waals surface area contributed by atoms with Crippen LogP contribution in [0.1, 0.15) is 44.0 Å². The first-order valence-electron chi connectivity index (χ1n) is 8.52. The zero-order chi connectivity index (χ0) is 18.0. The van der Waals surface area contributed by atoms with Crippen molar-refractivity contribution in [2.45, 2.75) is 45.6 Å². The van der Waals surface area contributed by atoms with E-state index in [4.69, 9.17) is 0 Å². The van der Waals surface area contributed by atoms with Crippen LogP contribution in [0.4, 0.5) is 5.69 Å². The number of carbonyl (C=O) groups is 2. The van der Waals surface area contributed by atoms with E-state index in [1.54, 1.807) is 0 Å². The minimum absolute atomic E-state index is 0.0245. The Kier molecular flexibility index (Phi) is 4.61. The minimum atomic E-state index is -0.244. The SMILES string of the molecule is CC(C)(C)c1[nH]ncc1CNc1ccc(C[C@H]2CC(=O)NC2=O)cc1. The number of hydrogen-bond donors (Lipinski definition) is 3. The van der Waals surface area contributed by atoms with E-state index in [-0.39, 0.29) is 29.6 Å². The summed E-state index contributed by atoms with van der Waals surface area (Å²) in [5, 5.41) is 13.0. The normalized spacial score (nSPS) is 17.6. The topological polar surface area (TPSA) is 86.9 Å². The Hall–Kier alpha value is -2.63. The van der Waals surface area contributed by atoms with Gasteiger partial charge >= 0.3 is 0 Å². The Labute approximate surface area is 147 Å². The van der Waals surface area contributed by atoms with Crippen LogP contribution >= 0.6 is 0 Å². The molecule has 1 fully saturated rings. The molecule has 6 nitrogen and oxygen atoms in total. The summed E-state index contributed by atoms with van der Waals surface area (Å²) in [5.74, 6) is -0.587. The number of aromatic nitrogens is 2. The number of rotatable bonds is 5. The molecular weight excluding hydrogens is 316 g/mol. The molecule has 1 aliphatic heterocycles. The van der Waals surface area contributed by atoms with Gasteiger partial charge in [-0.3, -0.25) is 20.0 Å². The van der Waals surface area contributed by atoms with Crippen molar-refractivity contribution >= 4 is 17.5 Å². The van der Waals surface area contributed by atoms with E-state index in [0.29, 0.717) is 13.0 Å². The number of aromatic amines is 1. The molecular formula is C19H24N4O2. The summed E-state index contributed by atoms with van der Waals surface area (Å²) in [6.07, 6.45) is 2.74. The highest BCUT2D eigenvalue weighted by molar-refractivity contribution is 6.03. The van der Waals surface area contributed by atoms with Crippen molar-refractivity contribution in [1.29, 1.82) is 0 Å². The second kappa shape index (κ2) is 6.70. The number of nitrogens with zero attached hydrogens (tertiary/aromatic N) is 1. The Balaban J connectivity index is 1.59. The van der Waals surface area contributed by atoms with Crippen LogP contribution in [0, 0.1) is 5.92 Å². The van der Waals surface area contributed by atoms with Gasteiger partial charge in [0.15, 0.2) is 0 Å². The van der Waals surface area contributed by atoms with E-state index in [1.807, 2.05) is 30.5 Å². The molecule has 0 spiro atoms. The largest absolute Gasteiger partial charge is 0.381 e. The standard InChI is InChI=1S/C19H24N4O2/c1-19(2,3)17-14(11-21-23-17)10-20-15-6-4-12(5-7-15)8-13-9-16(24)22-18(13)25/h4-7,11,13,20H,8-10H2,1-3H3,(H,21,23)(H,22,24,25)/t13-/m0/s1. The van der Waals surface area contributed by atoms with Crippen molar-refractivity contribution in [3.05, 3.63) is 47.3 Å². The molecule has 1 aromatic carbocycles. The summed E-state index contributed by atoms with van der Waals surface area (Å²) in [7, 11) is 0. The highest BCUT2D eigenvalue weighted by atomic mass is 16.2. The van der Waals surface area contributed by atoms with Crippen LogP contribution in [0.5, 0.6) is 0 Å². The Morgan fingerprint density at radius 3 is 2.52 bits per heavy atom. The third kappa shape index (κ3) is 4.07. The quantitative estimate of drug-likeness (QED) is 0.730. The molecule has 132 valence electrons. The number of hydrogen-bond acceptors (Lipinski definition) is 4. The molecule has 0 bridgehead atoms. The molecule has 3 rings (SSSR count). The summed E-state index contributed by atoms with van der Waals surface area (Å²) in [5.41, 5.74) is 4.37. The highest BCUT2D eigenvalue weighted by Gasteiger charge is 2.30. The molecule has 2 aromatic rings. The maximum Gasteiger partial charge on any atom is 0.230 e. The fourth-order valence-corrected chi connectivity index (χ4v) is 3.11. The first-order chi connectivity index (χ1) is 11.8. The number of H-pyrrole nitrogens is 1. The molecule has 1 saturated heterocycles. The number of anilines is 1.